The van der Waals surface area contributed by atoms with Crippen LogP contribution in [0, 0.1) is 0 Å². The first-order chi connectivity index (χ1) is 7.40. The Morgan fingerprint density at radius 3 is 2.87 bits per heavy atom. The van der Waals surface area contributed by atoms with Gasteiger partial charge in [-0.3, -0.25) is 0 Å². The molecule has 1 N–H and O–H groups in total. The largest absolute Gasteiger partial charge is 0.359 e. The van der Waals surface area contributed by atoms with Crippen LogP contribution < -0.4 is 5.32 Å². The number of thiophene rings is 1. The lowest BCUT2D eigenvalue weighted by molar-refractivity contribution is 0.998. The average Bonchev–Trinajstić information content (AvgIpc) is 2.81. The average molecular weight is 216 g/mol. The summed E-state index contributed by atoms with van der Waals surface area (Å²) in [7, 11) is 0. The van der Waals surface area contributed by atoms with Gasteiger partial charge in [-0.15, -0.1) is 17.9 Å². The highest BCUT2D eigenvalue weighted by molar-refractivity contribution is 7.10. The minimum atomic E-state index is 0.139. The zero-order chi connectivity index (χ0) is 10.5. The first-order valence-electron chi connectivity index (χ1n) is 4.73. The van der Waals surface area contributed by atoms with E-state index in [1.165, 1.54) is 4.88 Å². The fourth-order valence-corrected chi connectivity index (χ4v) is 2.10. The van der Waals surface area contributed by atoms with E-state index < -0.39 is 0 Å². The minimum absolute atomic E-state index is 0.139. The van der Waals surface area contributed by atoms with E-state index in [1.54, 1.807) is 17.5 Å². The summed E-state index contributed by atoms with van der Waals surface area (Å²) in [6, 6.07) is 10.1. The summed E-state index contributed by atoms with van der Waals surface area (Å²) < 4.78 is 0. The molecule has 0 aliphatic carbocycles. The second-order valence-corrected chi connectivity index (χ2v) is 4.07. The molecule has 3 heteroatoms. The molecular formula is C12H12N2S. The molecule has 0 amide bonds. The first kappa shape index (κ1) is 9.93. The van der Waals surface area contributed by atoms with E-state index in [2.05, 4.69) is 28.3 Å². The van der Waals surface area contributed by atoms with Crippen LogP contribution in [0.25, 0.3) is 0 Å². The number of hydrogen-bond donors (Lipinski definition) is 1. The van der Waals surface area contributed by atoms with E-state index in [9.17, 15) is 0 Å². The van der Waals surface area contributed by atoms with Gasteiger partial charge in [0.2, 0.25) is 0 Å². The molecule has 0 spiro atoms. The molecule has 2 rings (SSSR count). The van der Waals surface area contributed by atoms with Crippen LogP contribution in [-0.2, 0) is 0 Å². The van der Waals surface area contributed by atoms with Gasteiger partial charge in [0, 0.05) is 11.1 Å². The maximum Gasteiger partial charge on any atom is 0.126 e. The number of nitrogens with zero attached hydrogens (tertiary/aromatic N) is 1. The molecule has 2 aromatic heterocycles. The predicted octanol–water partition coefficient (Wildman–Crippen LogP) is 3.48. The third-order valence-corrected chi connectivity index (χ3v) is 3.01. The topological polar surface area (TPSA) is 24.9 Å². The summed E-state index contributed by atoms with van der Waals surface area (Å²) in [5, 5.41) is 5.37. The van der Waals surface area contributed by atoms with E-state index in [1.807, 2.05) is 30.3 Å². The van der Waals surface area contributed by atoms with Crippen molar-refractivity contribution in [3.8, 4) is 0 Å². The van der Waals surface area contributed by atoms with Crippen molar-refractivity contribution in [2.24, 2.45) is 0 Å². The molecule has 0 fully saturated rings. The van der Waals surface area contributed by atoms with Crippen molar-refractivity contribution in [3.63, 3.8) is 0 Å². The van der Waals surface area contributed by atoms with Crippen LogP contribution in [-0.4, -0.2) is 4.98 Å². The molecule has 2 nitrogen and oxygen atoms in total. The first-order valence-corrected chi connectivity index (χ1v) is 5.61. The lowest BCUT2D eigenvalue weighted by Gasteiger charge is -2.13. The van der Waals surface area contributed by atoms with Crippen LogP contribution in [0.15, 0.2) is 54.6 Å². The van der Waals surface area contributed by atoms with Gasteiger partial charge in [0.25, 0.3) is 0 Å². The molecule has 2 aromatic rings. The lowest BCUT2D eigenvalue weighted by atomic mass is 10.2. The van der Waals surface area contributed by atoms with Crippen molar-refractivity contribution < 1.29 is 0 Å². The Bertz CT molecular complexity index is 408. The summed E-state index contributed by atoms with van der Waals surface area (Å²) in [6.45, 7) is 3.83. The fraction of sp³-hybridized carbons (Fsp3) is 0.0833. The van der Waals surface area contributed by atoms with Gasteiger partial charge < -0.3 is 5.32 Å². The zero-order valence-electron chi connectivity index (χ0n) is 8.26. The highest BCUT2D eigenvalue weighted by Crippen LogP contribution is 2.23. The maximum absolute atomic E-state index is 4.22. The fourth-order valence-electron chi connectivity index (χ4n) is 1.32. The molecule has 0 aromatic carbocycles. The monoisotopic (exact) mass is 216 g/mol. The molecule has 2 heterocycles. The molecule has 1 unspecified atom stereocenters. The smallest absolute Gasteiger partial charge is 0.126 e. The van der Waals surface area contributed by atoms with E-state index in [0.29, 0.717) is 0 Å². The van der Waals surface area contributed by atoms with Crippen LogP contribution >= 0.6 is 11.3 Å². The molecule has 0 bridgehead atoms. The normalized spacial score (nSPS) is 12.0. The Kier molecular flexibility index (Phi) is 3.15. The maximum atomic E-state index is 4.22. The number of pyridine rings is 1. The molecular weight excluding hydrogens is 204 g/mol. The number of nitrogens with one attached hydrogen (secondary N) is 1. The van der Waals surface area contributed by atoms with E-state index in [4.69, 9.17) is 0 Å². The van der Waals surface area contributed by atoms with Crippen molar-refractivity contribution in [1.29, 1.82) is 0 Å². The third-order valence-electron chi connectivity index (χ3n) is 2.05. The van der Waals surface area contributed by atoms with Crippen LogP contribution in [0.1, 0.15) is 10.9 Å². The summed E-state index contributed by atoms with van der Waals surface area (Å²) in [4.78, 5) is 5.47. The molecule has 15 heavy (non-hydrogen) atoms. The van der Waals surface area contributed by atoms with Crippen molar-refractivity contribution in [1.82, 2.24) is 4.98 Å². The van der Waals surface area contributed by atoms with Gasteiger partial charge in [-0.1, -0.05) is 18.2 Å². The Labute approximate surface area is 93.3 Å². The summed E-state index contributed by atoms with van der Waals surface area (Å²) in [6.07, 6.45) is 3.66. The second kappa shape index (κ2) is 4.75. The van der Waals surface area contributed by atoms with Gasteiger partial charge in [-0.05, 0) is 23.6 Å². The van der Waals surface area contributed by atoms with Crippen molar-refractivity contribution in [2.45, 2.75) is 6.04 Å². The van der Waals surface area contributed by atoms with Gasteiger partial charge in [0.1, 0.15) is 5.82 Å². The molecule has 76 valence electrons. The molecule has 0 aliphatic rings. The number of anilines is 1. The molecule has 0 radical (unpaired) electrons. The zero-order valence-corrected chi connectivity index (χ0v) is 9.08. The van der Waals surface area contributed by atoms with Gasteiger partial charge in [-0.2, -0.15) is 0 Å². The minimum Gasteiger partial charge on any atom is -0.359 e. The Hall–Kier alpha value is -1.61. The lowest BCUT2D eigenvalue weighted by Crippen LogP contribution is -2.06. The molecule has 0 aliphatic heterocycles. The Morgan fingerprint density at radius 2 is 2.27 bits per heavy atom. The highest BCUT2D eigenvalue weighted by Gasteiger charge is 2.07. The van der Waals surface area contributed by atoms with Gasteiger partial charge in [0.15, 0.2) is 0 Å². The molecule has 0 saturated carbocycles. The quantitative estimate of drug-likeness (QED) is 0.791. The highest BCUT2D eigenvalue weighted by atomic mass is 32.1. The van der Waals surface area contributed by atoms with Gasteiger partial charge in [-0.25, -0.2) is 4.98 Å². The van der Waals surface area contributed by atoms with E-state index in [0.717, 1.165) is 5.82 Å². The van der Waals surface area contributed by atoms with Crippen LogP contribution in [0.3, 0.4) is 0 Å². The second-order valence-electron chi connectivity index (χ2n) is 3.09. The SMILES string of the molecule is C=CC(Nc1ccccn1)c1cccs1. The summed E-state index contributed by atoms with van der Waals surface area (Å²) in [5.41, 5.74) is 0. The summed E-state index contributed by atoms with van der Waals surface area (Å²) in [5.74, 6) is 0.871. The molecule has 1 atom stereocenters. The Morgan fingerprint density at radius 1 is 1.33 bits per heavy atom. The van der Waals surface area contributed by atoms with Crippen molar-refractivity contribution in [2.75, 3.05) is 5.32 Å². The van der Waals surface area contributed by atoms with Gasteiger partial charge >= 0.3 is 0 Å². The van der Waals surface area contributed by atoms with Crippen LogP contribution in [0.4, 0.5) is 5.82 Å². The van der Waals surface area contributed by atoms with Crippen LogP contribution in [0.5, 0.6) is 0 Å². The molecule has 0 saturated heterocycles. The Balaban J connectivity index is 2.13. The van der Waals surface area contributed by atoms with Gasteiger partial charge in [0.05, 0.1) is 6.04 Å². The predicted molar refractivity (Wildman–Crippen MR) is 65.1 cm³/mol. The van der Waals surface area contributed by atoms with Crippen LogP contribution in [0.2, 0.25) is 0 Å². The van der Waals surface area contributed by atoms with E-state index >= 15 is 0 Å². The van der Waals surface area contributed by atoms with Crippen molar-refractivity contribution >= 4 is 17.2 Å². The van der Waals surface area contributed by atoms with E-state index in [-0.39, 0.29) is 6.04 Å². The number of hydrogen-bond acceptors (Lipinski definition) is 3. The number of rotatable bonds is 4. The summed E-state index contributed by atoms with van der Waals surface area (Å²) >= 11 is 1.71. The third kappa shape index (κ3) is 2.44. The van der Waals surface area contributed by atoms with Crippen molar-refractivity contribution in [3.05, 3.63) is 59.4 Å². The number of aromatic nitrogens is 1. The standard InChI is InChI=1S/C12H12N2S/c1-2-10(11-6-5-9-15-11)14-12-7-3-4-8-13-12/h2-10H,1H2,(H,13,14).